The summed E-state index contributed by atoms with van der Waals surface area (Å²) < 4.78 is 5.21. The average molecular weight is 267 g/mol. The minimum Gasteiger partial charge on any atom is -0.507 e. The van der Waals surface area contributed by atoms with Crippen LogP contribution in [0.15, 0.2) is 63.8 Å². The van der Waals surface area contributed by atoms with E-state index >= 15 is 0 Å². The van der Waals surface area contributed by atoms with E-state index in [0.29, 0.717) is 11.0 Å². The van der Waals surface area contributed by atoms with Crippen LogP contribution in [-0.4, -0.2) is 5.11 Å². The van der Waals surface area contributed by atoms with Gasteiger partial charge in [0.15, 0.2) is 0 Å². The molecule has 3 rings (SSSR count). The van der Waals surface area contributed by atoms with Gasteiger partial charge in [-0.1, -0.05) is 30.3 Å². The van der Waals surface area contributed by atoms with E-state index in [9.17, 15) is 9.90 Å². The van der Waals surface area contributed by atoms with Crippen molar-refractivity contribution in [1.29, 1.82) is 0 Å². The molecule has 4 nitrogen and oxygen atoms in total. The van der Waals surface area contributed by atoms with Gasteiger partial charge in [0.2, 0.25) is 0 Å². The van der Waals surface area contributed by atoms with Crippen molar-refractivity contribution in [3.05, 3.63) is 70.6 Å². The van der Waals surface area contributed by atoms with Gasteiger partial charge in [0.05, 0.1) is 17.5 Å². The Morgan fingerprint density at radius 1 is 1.00 bits per heavy atom. The first-order valence-electron chi connectivity index (χ1n) is 6.28. The second kappa shape index (κ2) is 5.09. The molecule has 0 saturated carbocycles. The van der Waals surface area contributed by atoms with Gasteiger partial charge in [-0.15, -0.1) is 0 Å². The van der Waals surface area contributed by atoms with Gasteiger partial charge < -0.3 is 14.8 Å². The molecular formula is C16H13NO3. The number of aromatic hydroxyl groups is 1. The summed E-state index contributed by atoms with van der Waals surface area (Å²) in [6.45, 7) is 0.211. The van der Waals surface area contributed by atoms with Crippen LogP contribution in [0, 0.1) is 0 Å². The molecule has 100 valence electrons. The first-order valence-corrected chi connectivity index (χ1v) is 6.28. The van der Waals surface area contributed by atoms with Gasteiger partial charge >= 0.3 is 5.63 Å². The summed E-state index contributed by atoms with van der Waals surface area (Å²) in [6.07, 6.45) is 0. The maximum atomic E-state index is 11.9. The van der Waals surface area contributed by atoms with Gasteiger partial charge in [-0.25, -0.2) is 4.79 Å². The van der Waals surface area contributed by atoms with Gasteiger partial charge in [0, 0.05) is 5.69 Å². The molecule has 3 aromatic rings. The van der Waals surface area contributed by atoms with Crippen LogP contribution >= 0.6 is 0 Å². The minimum absolute atomic E-state index is 0.0275. The van der Waals surface area contributed by atoms with Crippen LogP contribution < -0.4 is 10.9 Å². The third-order valence-electron chi connectivity index (χ3n) is 3.12. The predicted molar refractivity (Wildman–Crippen MR) is 77.9 cm³/mol. The molecule has 0 bridgehead atoms. The van der Waals surface area contributed by atoms with Crippen molar-refractivity contribution in [2.45, 2.75) is 6.54 Å². The molecule has 0 unspecified atom stereocenters. The van der Waals surface area contributed by atoms with Gasteiger partial charge in [-0.05, 0) is 24.3 Å². The summed E-state index contributed by atoms with van der Waals surface area (Å²) >= 11 is 0. The molecule has 0 aliphatic carbocycles. The van der Waals surface area contributed by atoms with Crippen LogP contribution in [0.3, 0.4) is 0 Å². The number of nitrogens with one attached hydrogen (secondary N) is 1. The Labute approximate surface area is 115 Å². The largest absolute Gasteiger partial charge is 0.507 e. The molecule has 1 aromatic heterocycles. The number of para-hydroxylation sites is 2. The van der Waals surface area contributed by atoms with E-state index in [-0.39, 0.29) is 17.9 Å². The van der Waals surface area contributed by atoms with Crippen molar-refractivity contribution in [2.75, 3.05) is 5.32 Å². The summed E-state index contributed by atoms with van der Waals surface area (Å²) in [7, 11) is 0. The maximum Gasteiger partial charge on any atom is 0.345 e. The lowest BCUT2D eigenvalue weighted by molar-refractivity contribution is 0.458. The monoisotopic (exact) mass is 267 g/mol. The van der Waals surface area contributed by atoms with Crippen molar-refractivity contribution < 1.29 is 9.52 Å². The van der Waals surface area contributed by atoms with Crippen molar-refractivity contribution >= 4 is 16.7 Å². The molecule has 0 radical (unpaired) electrons. The van der Waals surface area contributed by atoms with E-state index in [1.807, 2.05) is 30.3 Å². The summed E-state index contributed by atoms with van der Waals surface area (Å²) in [6, 6.07) is 16.4. The van der Waals surface area contributed by atoms with Crippen LogP contribution in [0.5, 0.6) is 5.75 Å². The van der Waals surface area contributed by atoms with Gasteiger partial charge in [0.1, 0.15) is 11.3 Å². The highest BCUT2D eigenvalue weighted by molar-refractivity contribution is 5.83. The molecule has 0 amide bonds. The van der Waals surface area contributed by atoms with Crippen LogP contribution in [0.1, 0.15) is 5.56 Å². The number of benzene rings is 2. The van der Waals surface area contributed by atoms with Gasteiger partial charge in [0.25, 0.3) is 0 Å². The zero-order chi connectivity index (χ0) is 13.9. The molecule has 0 aliphatic rings. The molecule has 2 N–H and O–H groups in total. The molecule has 20 heavy (non-hydrogen) atoms. The van der Waals surface area contributed by atoms with Gasteiger partial charge in [-0.3, -0.25) is 0 Å². The molecule has 0 saturated heterocycles. The summed E-state index contributed by atoms with van der Waals surface area (Å²) in [5.41, 5.74) is 0.968. The number of anilines is 1. The topological polar surface area (TPSA) is 62.5 Å². The molecule has 0 atom stereocenters. The third-order valence-corrected chi connectivity index (χ3v) is 3.12. The molecule has 4 heteroatoms. The smallest absolute Gasteiger partial charge is 0.345 e. The van der Waals surface area contributed by atoms with Gasteiger partial charge in [-0.2, -0.15) is 0 Å². The lowest BCUT2D eigenvalue weighted by Gasteiger charge is -2.08. The normalized spacial score (nSPS) is 10.6. The van der Waals surface area contributed by atoms with Crippen LogP contribution in [-0.2, 0) is 6.54 Å². The van der Waals surface area contributed by atoms with E-state index in [4.69, 9.17) is 4.42 Å². The highest BCUT2D eigenvalue weighted by Gasteiger charge is 2.13. The lowest BCUT2D eigenvalue weighted by Crippen LogP contribution is -2.12. The molecule has 0 fully saturated rings. The Bertz CT molecular complexity index is 794. The average Bonchev–Trinajstić information content (AvgIpc) is 2.48. The highest BCUT2D eigenvalue weighted by Crippen LogP contribution is 2.26. The first kappa shape index (κ1) is 12.3. The van der Waals surface area contributed by atoms with Crippen molar-refractivity contribution in [2.24, 2.45) is 0 Å². The second-order valence-electron chi connectivity index (χ2n) is 4.43. The Morgan fingerprint density at radius 3 is 2.50 bits per heavy atom. The van der Waals surface area contributed by atoms with Crippen LogP contribution in [0.4, 0.5) is 5.69 Å². The zero-order valence-corrected chi connectivity index (χ0v) is 10.7. The number of fused-ring (bicyclic) bond motifs is 1. The van der Waals surface area contributed by atoms with Crippen LogP contribution in [0.25, 0.3) is 11.0 Å². The fraction of sp³-hybridized carbons (Fsp3) is 0.0625. The summed E-state index contributed by atoms with van der Waals surface area (Å²) in [5, 5.41) is 13.8. The Morgan fingerprint density at radius 2 is 1.70 bits per heavy atom. The summed E-state index contributed by atoms with van der Waals surface area (Å²) in [4.78, 5) is 11.9. The van der Waals surface area contributed by atoms with E-state index in [0.717, 1.165) is 5.69 Å². The van der Waals surface area contributed by atoms with E-state index in [1.54, 1.807) is 24.3 Å². The quantitative estimate of drug-likeness (QED) is 0.716. The minimum atomic E-state index is -0.523. The molecule has 1 heterocycles. The van der Waals surface area contributed by atoms with Crippen molar-refractivity contribution in [3.8, 4) is 5.75 Å². The molecule has 0 spiro atoms. The number of rotatable bonds is 3. The zero-order valence-electron chi connectivity index (χ0n) is 10.7. The van der Waals surface area contributed by atoms with E-state index in [1.165, 1.54) is 0 Å². The SMILES string of the molecule is O=c1oc2ccccc2c(O)c1CNc1ccccc1. The molecule has 0 aliphatic heterocycles. The fourth-order valence-corrected chi connectivity index (χ4v) is 2.07. The number of hydrogen-bond donors (Lipinski definition) is 2. The lowest BCUT2D eigenvalue weighted by atomic mass is 10.1. The highest BCUT2D eigenvalue weighted by atomic mass is 16.4. The fourth-order valence-electron chi connectivity index (χ4n) is 2.07. The predicted octanol–water partition coefficient (Wildman–Crippen LogP) is 3.11. The first-order chi connectivity index (χ1) is 9.75. The standard InChI is InChI=1S/C16H13NO3/c18-15-12-8-4-5-9-14(12)20-16(19)13(15)10-17-11-6-2-1-3-7-11/h1-9,17-18H,10H2. The summed E-state index contributed by atoms with van der Waals surface area (Å²) in [5.74, 6) is -0.0275. The Balaban J connectivity index is 1.97. The van der Waals surface area contributed by atoms with Crippen molar-refractivity contribution in [3.63, 3.8) is 0 Å². The Kier molecular flexibility index (Phi) is 3.13. The van der Waals surface area contributed by atoms with E-state index < -0.39 is 5.63 Å². The van der Waals surface area contributed by atoms with E-state index in [2.05, 4.69) is 5.32 Å². The molecular weight excluding hydrogens is 254 g/mol. The van der Waals surface area contributed by atoms with Crippen molar-refractivity contribution in [1.82, 2.24) is 0 Å². The Hall–Kier alpha value is -2.75. The maximum absolute atomic E-state index is 11.9. The third kappa shape index (κ3) is 2.23. The second-order valence-corrected chi connectivity index (χ2v) is 4.43. The number of hydrogen-bond acceptors (Lipinski definition) is 4. The molecule has 2 aromatic carbocycles. The van der Waals surface area contributed by atoms with Crippen LogP contribution in [0.2, 0.25) is 0 Å².